The van der Waals surface area contributed by atoms with E-state index in [1.54, 1.807) is 0 Å². The Morgan fingerprint density at radius 1 is 1.04 bits per heavy atom. The zero-order valence-electron chi connectivity index (χ0n) is 14.3. The molecule has 0 spiro atoms. The molecule has 0 aliphatic carbocycles. The van der Waals surface area contributed by atoms with Crippen LogP contribution in [0, 0.1) is 0 Å². The fourth-order valence-electron chi connectivity index (χ4n) is 3.14. The second-order valence-corrected chi connectivity index (χ2v) is 8.47. The highest BCUT2D eigenvalue weighted by Crippen LogP contribution is 2.25. The second kappa shape index (κ2) is 7.37. The highest BCUT2D eigenvalue weighted by Gasteiger charge is 2.20. The monoisotopic (exact) mass is 339 g/mol. The van der Waals surface area contributed by atoms with Gasteiger partial charge < -0.3 is 0 Å². The normalized spacial score (nSPS) is 18.5. The number of rotatable bonds is 4. The Morgan fingerprint density at radius 2 is 1.75 bits per heavy atom. The van der Waals surface area contributed by atoms with E-state index in [1.165, 1.54) is 16.7 Å². The van der Waals surface area contributed by atoms with Crippen LogP contribution in [0.2, 0.25) is 0 Å². The van der Waals surface area contributed by atoms with Crippen molar-refractivity contribution in [3.8, 4) is 0 Å². The summed E-state index contributed by atoms with van der Waals surface area (Å²) in [5.74, 6) is 4.09. The summed E-state index contributed by atoms with van der Waals surface area (Å²) in [5, 5.41) is 0. The maximum atomic E-state index is 13.3. The molecule has 1 heterocycles. The van der Waals surface area contributed by atoms with Gasteiger partial charge >= 0.3 is 0 Å². The summed E-state index contributed by atoms with van der Waals surface area (Å²) < 4.78 is 15.4. The zero-order chi connectivity index (χ0) is 17.0. The molecule has 0 radical (unpaired) electrons. The van der Waals surface area contributed by atoms with Crippen LogP contribution in [-0.2, 0) is 16.1 Å². The van der Waals surface area contributed by atoms with Crippen LogP contribution in [0.3, 0.4) is 0 Å². The third-order valence-corrected chi connectivity index (χ3v) is 6.87. The van der Waals surface area contributed by atoms with Gasteiger partial charge in [-0.3, -0.25) is 0 Å². The molecule has 0 aromatic heterocycles. The van der Waals surface area contributed by atoms with Gasteiger partial charge in [0, 0.05) is 18.0 Å². The first kappa shape index (κ1) is 17.0. The Kier molecular flexibility index (Phi) is 5.22. The summed E-state index contributed by atoms with van der Waals surface area (Å²) in [6, 6.07) is 18.5. The van der Waals surface area contributed by atoms with E-state index in [0.29, 0.717) is 0 Å². The van der Waals surface area contributed by atoms with E-state index in [4.69, 9.17) is 0 Å². The van der Waals surface area contributed by atoms with Gasteiger partial charge in [0.1, 0.15) is 0 Å². The minimum absolute atomic E-state index is 0.776. The van der Waals surface area contributed by atoms with Crippen molar-refractivity contribution in [1.82, 2.24) is 4.31 Å². The average molecular weight is 340 g/mol. The quantitative estimate of drug-likeness (QED) is 0.755. The van der Waals surface area contributed by atoms with Crippen molar-refractivity contribution < 1.29 is 4.21 Å². The Hall–Kier alpha value is -1.84. The van der Waals surface area contributed by atoms with Crippen molar-refractivity contribution >= 4 is 21.2 Å². The van der Waals surface area contributed by atoms with Crippen LogP contribution in [0.4, 0.5) is 0 Å². The summed E-state index contributed by atoms with van der Waals surface area (Å²) in [4.78, 5) is 0.836. The molecule has 0 saturated carbocycles. The molecule has 1 aliphatic heterocycles. The average Bonchev–Trinajstić information content (AvgIpc) is 2.89. The van der Waals surface area contributed by atoms with Crippen molar-refractivity contribution in [2.24, 2.45) is 0 Å². The summed E-state index contributed by atoms with van der Waals surface area (Å²) in [6.07, 6.45) is 5.09. The van der Waals surface area contributed by atoms with E-state index in [9.17, 15) is 4.21 Å². The van der Waals surface area contributed by atoms with E-state index >= 15 is 0 Å². The standard InChI is InChI=1S/C21H25NOS/c1-3-18-11-13-21(14-12-18)24(2,23)22-16-7-10-20(15-17-22)19-8-5-4-6-9-19/h4-6,8-14H,2-3,7,15-17H2,1H3. The number of benzene rings is 2. The minimum Gasteiger partial charge on any atom is -0.248 e. The van der Waals surface area contributed by atoms with E-state index < -0.39 is 9.71 Å². The number of hydrogen-bond acceptors (Lipinski definition) is 1. The number of hydrogen-bond donors (Lipinski definition) is 0. The lowest BCUT2D eigenvalue weighted by molar-refractivity contribution is 0.465. The van der Waals surface area contributed by atoms with E-state index in [0.717, 1.165) is 37.2 Å². The molecule has 126 valence electrons. The largest absolute Gasteiger partial charge is 0.248 e. The lowest BCUT2D eigenvalue weighted by atomic mass is 10.0. The maximum absolute atomic E-state index is 13.3. The Labute approximate surface area is 146 Å². The van der Waals surface area contributed by atoms with Crippen LogP contribution in [0.15, 0.2) is 65.6 Å². The van der Waals surface area contributed by atoms with E-state index in [1.807, 2.05) is 18.2 Å². The highest BCUT2D eigenvalue weighted by molar-refractivity contribution is 7.98. The third-order valence-electron chi connectivity index (χ3n) is 4.66. The summed E-state index contributed by atoms with van der Waals surface area (Å²) in [5.41, 5.74) is 3.87. The van der Waals surface area contributed by atoms with Crippen molar-refractivity contribution in [3.63, 3.8) is 0 Å². The maximum Gasteiger partial charge on any atom is 0.0558 e. The lowest BCUT2D eigenvalue weighted by Gasteiger charge is -2.25. The predicted octanol–water partition coefficient (Wildman–Crippen LogP) is 4.42. The number of aryl methyl sites for hydroxylation is 1. The van der Waals surface area contributed by atoms with Gasteiger partial charge in [0.2, 0.25) is 0 Å². The van der Waals surface area contributed by atoms with Crippen LogP contribution in [0.1, 0.15) is 30.9 Å². The van der Waals surface area contributed by atoms with Crippen LogP contribution in [-0.4, -0.2) is 27.5 Å². The molecule has 2 nitrogen and oxygen atoms in total. The van der Waals surface area contributed by atoms with Crippen molar-refractivity contribution in [1.29, 1.82) is 0 Å². The molecular weight excluding hydrogens is 314 g/mol. The van der Waals surface area contributed by atoms with Crippen LogP contribution in [0.25, 0.3) is 5.57 Å². The smallest absolute Gasteiger partial charge is 0.0558 e. The van der Waals surface area contributed by atoms with Gasteiger partial charge in [-0.25, -0.2) is 8.51 Å². The molecule has 1 atom stereocenters. The first-order valence-corrected chi connectivity index (χ1v) is 10.3. The molecule has 2 aromatic carbocycles. The molecule has 24 heavy (non-hydrogen) atoms. The van der Waals surface area contributed by atoms with Gasteiger partial charge in [-0.15, -0.1) is 0 Å². The van der Waals surface area contributed by atoms with Gasteiger partial charge in [0.05, 0.1) is 9.71 Å². The second-order valence-electron chi connectivity index (χ2n) is 6.20. The molecule has 0 N–H and O–H groups in total. The van der Waals surface area contributed by atoms with Crippen molar-refractivity contribution in [2.75, 3.05) is 13.1 Å². The van der Waals surface area contributed by atoms with Crippen molar-refractivity contribution in [2.45, 2.75) is 31.1 Å². The van der Waals surface area contributed by atoms with Gasteiger partial charge in [-0.2, -0.15) is 0 Å². The SMILES string of the molecule is C=S(=O)(c1ccc(CC)cc1)N1CCC=C(c2ccccc2)CC1. The fourth-order valence-corrected chi connectivity index (χ4v) is 4.78. The number of nitrogens with zero attached hydrogens (tertiary/aromatic N) is 1. The summed E-state index contributed by atoms with van der Waals surface area (Å²) >= 11 is 0. The summed E-state index contributed by atoms with van der Waals surface area (Å²) in [7, 11) is -2.42. The highest BCUT2D eigenvalue weighted by atomic mass is 32.2. The van der Waals surface area contributed by atoms with Crippen LogP contribution in [0.5, 0.6) is 0 Å². The predicted molar refractivity (Wildman–Crippen MR) is 105 cm³/mol. The third kappa shape index (κ3) is 3.63. The van der Waals surface area contributed by atoms with Gasteiger partial charge in [0.25, 0.3) is 0 Å². The Bertz CT molecular complexity index is 805. The molecule has 3 heteroatoms. The van der Waals surface area contributed by atoms with Crippen molar-refractivity contribution in [3.05, 3.63) is 71.8 Å². The molecule has 0 bridgehead atoms. The molecule has 2 aromatic rings. The molecule has 1 aliphatic rings. The minimum atomic E-state index is -2.42. The molecule has 0 fully saturated rings. The fraction of sp³-hybridized carbons (Fsp3) is 0.286. The molecular formula is C21H25NOS. The Morgan fingerprint density at radius 3 is 2.42 bits per heavy atom. The van der Waals surface area contributed by atoms with Gasteiger partial charge in [-0.1, -0.05) is 55.5 Å². The van der Waals surface area contributed by atoms with Gasteiger partial charge in [-0.05, 0) is 54.0 Å². The topological polar surface area (TPSA) is 20.3 Å². The molecule has 0 saturated heterocycles. The lowest BCUT2D eigenvalue weighted by Crippen LogP contribution is -2.32. The van der Waals surface area contributed by atoms with E-state index in [2.05, 4.69) is 59.6 Å². The molecule has 0 amide bonds. The summed E-state index contributed by atoms with van der Waals surface area (Å²) in [6.45, 7) is 3.69. The molecule has 3 rings (SSSR count). The molecule has 1 unspecified atom stereocenters. The zero-order valence-corrected chi connectivity index (χ0v) is 15.1. The van der Waals surface area contributed by atoms with Crippen LogP contribution < -0.4 is 0 Å². The van der Waals surface area contributed by atoms with Gasteiger partial charge in [0.15, 0.2) is 0 Å². The van der Waals surface area contributed by atoms with E-state index in [-0.39, 0.29) is 0 Å². The first-order valence-electron chi connectivity index (χ1n) is 8.57. The van der Waals surface area contributed by atoms with Crippen LogP contribution >= 0.6 is 0 Å². The Balaban J connectivity index is 1.76. The first-order chi connectivity index (χ1) is 11.6.